The van der Waals surface area contributed by atoms with E-state index < -0.39 is 0 Å². The highest BCUT2D eigenvalue weighted by molar-refractivity contribution is 9.10. The van der Waals surface area contributed by atoms with E-state index >= 15 is 0 Å². The van der Waals surface area contributed by atoms with Gasteiger partial charge in [-0.15, -0.1) is 0 Å². The molecular weight excluding hydrogens is 252 g/mol. The zero-order valence-electron chi connectivity index (χ0n) is 9.55. The minimum atomic E-state index is 0.433. The van der Waals surface area contributed by atoms with Crippen molar-refractivity contribution in [3.63, 3.8) is 0 Å². The Morgan fingerprint density at radius 2 is 2.13 bits per heavy atom. The van der Waals surface area contributed by atoms with E-state index in [1.807, 2.05) is 6.92 Å². The van der Waals surface area contributed by atoms with Gasteiger partial charge in [-0.3, -0.25) is 0 Å². The fourth-order valence-electron chi connectivity index (χ4n) is 2.01. The van der Waals surface area contributed by atoms with Gasteiger partial charge in [0.1, 0.15) is 5.82 Å². The van der Waals surface area contributed by atoms with Crippen LogP contribution >= 0.6 is 15.9 Å². The van der Waals surface area contributed by atoms with Gasteiger partial charge in [-0.2, -0.15) is 0 Å². The van der Waals surface area contributed by atoms with E-state index in [0.29, 0.717) is 5.41 Å². The summed E-state index contributed by atoms with van der Waals surface area (Å²) in [5.41, 5.74) is 1.50. The van der Waals surface area contributed by atoms with Crippen LogP contribution in [0.25, 0.3) is 0 Å². The molecule has 0 bridgehead atoms. The van der Waals surface area contributed by atoms with Crippen molar-refractivity contribution < 1.29 is 0 Å². The van der Waals surface area contributed by atoms with Crippen molar-refractivity contribution in [2.24, 2.45) is 5.41 Å². The third kappa shape index (κ3) is 2.33. The molecule has 2 heterocycles. The molecule has 1 aliphatic rings. The summed E-state index contributed by atoms with van der Waals surface area (Å²) in [7, 11) is 0. The average Bonchev–Trinajstić information content (AvgIpc) is 2.51. The van der Waals surface area contributed by atoms with E-state index in [-0.39, 0.29) is 0 Å². The second-order valence-corrected chi connectivity index (χ2v) is 5.93. The molecule has 0 atom stereocenters. The van der Waals surface area contributed by atoms with Crippen LogP contribution in [0.5, 0.6) is 0 Å². The number of hydrogen-bond acceptors (Lipinski definition) is 2. The molecule has 0 aromatic carbocycles. The second-order valence-electron chi connectivity index (χ2n) is 5.07. The van der Waals surface area contributed by atoms with E-state index in [1.54, 1.807) is 0 Å². The molecule has 1 fully saturated rings. The lowest BCUT2D eigenvalue weighted by Gasteiger charge is -2.21. The van der Waals surface area contributed by atoms with E-state index in [1.165, 1.54) is 6.42 Å². The molecule has 0 spiro atoms. The summed E-state index contributed by atoms with van der Waals surface area (Å²) in [6.45, 7) is 8.91. The van der Waals surface area contributed by atoms with Gasteiger partial charge in [0.2, 0.25) is 0 Å². The molecule has 0 radical (unpaired) electrons. The Morgan fingerprint density at radius 1 is 1.40 bits per heavy atom. The van der Waals surface area contributed by atoms with E-state index in [9.17, 15) is 0 Å². The van der Waals surface area contributed by atoms with Crippen molar-refractivity contribution >= 4 is 21.7 Å². The van der Waals surface area contributed by atoms with Gasteiger partial charge in [0.25, 0.3) is 0 Å². The summed E-state index contributed by atoms with van der Waals surface area (Å²) in [6, 6.07) is 4.18. The van der Waals surface area contributed by atoms with Gasteiger partial charge in [-0.05, 0) is 46.8 Å². The zero-order chi connectivity index (χ0) is 11.1. The number of aryl methyl sites for hydroxylation is 1. The summed E-state index contributed by atoms with van der Waals surface area (Å²) in [5.74, 6) is 1.11. The first-order valence-electron chi connectivity index (χ1n) is 5.36. The third-order valence-electron chi connectivity index (χ3n) is 3.01. The standard InChI is InChI=1S/C12H17BrN2/c1-9-10(13)4-5-11(14-9)15-7-6-12(2,3)8-15/h4-5H,6-8H2,1-3H3. The lowest BCUT2D eigenvalue weighted by molar-refractivity contribution is 0.418. The predicted octanol–water partition coefficient (Wildman–Crippen LogP) is 3.39. The van der Waals surface area contributed by atoms with Crippen LogP contribution in [0.15, 0.2) is 16.6 Å². The molecule has 1 saturated heterocycles. The monoisotopic (exact) mass is 268 g/mol. The SMILES string of the molecule is Cc1nc(N2CCC(C)(C)C2)ccc1Br. The summed E-state index contributed by atoms with van der Waals surface area (Å²) in [5, 5.41) is 0. The van der Waals surface area contributed by atoms with Crippen molar-refractivity contribution in [2.45, 2.75) is 27.2 Å². The number of halogens is 1. The number of anilines is 1. The number of aromatic nitrogens is 1. The van der Waals surface area contributed by atoms with Crippen LogP contribution < -0.4 is 4.90 Å². The normalized spacial score (nSPS) is 19.6. The quantitative estimate of drug-likeness (QED) is 0.776. The van der Waals surface area contributed by atoms with Crippen LogP contribution in [0, 0.1) is 12.3 Å². The minimum absolute atomic E-state index is 0.433. The fraction of sp³-hybridized carbons (Fsp3) is 0.583. The molecule has 0 N–H and O–H groups in total. The fourth-order valence-corrected chi connectivity index (χ4v) is 2.24. The zero-order valence-corrected chi connectivity index (χ0v) is 11.1. The Labute approximate surface area is 99.8 Å². The number of nitrogens with zero attached hydrogens (tertiary/aromatic N) is 2. The smallest absolute Gasteiger partial charge is 0.128 e. The predicted molar refractivity (Wildman–Crippen MR) is 67.3 cm³/mol. The summed E-state index contributed by atoms with van der Waals surface area (Å²) in [4.78, 5) is 6.97. The molecule has 2 rings (SSSR count). The maximum absolute atomic E-state index is 4.60. The Hall–Kier alpha value is -0.570. The van der Waals surface area contributed by atoms with Crippen LogP contribution in [0.4, 0.5) is 5.82 Å². The number of hydrogen-bond donors (Lipinski definition) is 0. The molecular formula is C12H17BrN2. The molecule has 0 saturated carbocycles. The minimum Gasteiger partial charge on any atom is -0.356 e. The lowest BCUT2D eigenvalue weighted by Crippen LogP contribution is -2.23. The van der Waals surface area contributed by atoms with Crippen molar-refractivity contribution in [3.05, 3.63) is 22.3 Å². The van der Waals surface area contributed by atoms with Crippen LogP contribution in [0.2, 0.25) is 0 Å². The molecule has 0 unspecified atom stereocenters. The van der Waals surface area contributed by atoms with Crippen LogP contribution in [0.1, 0.15) is 26.0 Å². The van der Waals surface area contributed by atoms with Gasteiger partial charge in [0.05, 0.1) is 5.69 Å². The molecule has 2 nitrogen and oxygen atoms in total. The van der Waals surface area contributed by atoms with Crippen LogP contribution in [0.3, 0.4) is 0 Å². The first-order chi connectivity index (χ1) is 6.98. The number of pyridine rings is 1. The molecule has 1 aliphatic heterocycles. The highest BCUT2D eigenvalue weighted by Crippen LogP contribution is 2.32. The molecule has 0 amide bonds. The first-order valence-corrected chi connectivity index (χ1v) is 6.15. The topological polar surface area (TPSA) is 16.1 Å². The Morgan fingerprint density at radius 3 is 2.67 bits per heavy atom. The first kappa shape index (κ1) is 10.9. The Kier molecular flexibility index (Phi) is 2.75. The molecule has 82 valence electrons. The highest BCUT2D eigenvalue weighted by Gasteiger charge is 2.29. The van der Waals surface area contributed by atoms with Gasteiger partial charge < -0.3 is 4.90 Å². The van der Waals surface area contributed by atoms with E-state index in [0.717, 1.165) is 29.1 Å². The van der Waals surface area contributed by atoms with Gasteiger partial charge >= 0.3 is 0 Å². The van der Waals surface area contributed by atoms with Crippen LogP contribution in [-0.2, 0) is 0 Å². The molecule has 1 aromatic heterocycles. The largest absolute Gasteiger partial charge is 0.356 e. The molecule has 0 aliphatic carbocycles. The summed E-state index contributed by atoms with van der Waals surface area (Å²) < 4.78 is 1.09. The molecule has 3 heteroatoms. The van der Waals surface area contributed by atoms with Crippen LogP contribution in [-0.4, -0.2) is 18.1 Å². The van der Waals surface area contributed by atoms with Gasteiger partial charge in [0.15, 0.2) is 0 Å². The third-order valence-corrected chi connectivity index (χ3v) is 3.85. The molecule has 15 heavy (non-hydrogen) atoms. The van der Waals surface area contributed by atoms with E-state index in [4.69, 9.17) is 0 Å². The van der Waals surface area contributed by atoms with Crippen molar-refractivity contribution in [3.8, 4) is 0 Å². The highest BCUT2D eigenvalue weighted by atomic mass is 79.9. The average molecular weight is 269 g/mol. The van der Waals surface area contributed by atoms with Crippen molar-refractivity contribution in [1.29, 1.82) is 0 Å². The Bertz CT molecular complexity index is 374. The lowest BCUT2D eigenvalue weighted by atomic mass is 9.93. The maximum atomic E-state index is 4.60. The summed E-state index contributed by atoms with van der Waals surface area (Å²) in [6.07, 6.45) is 1.25. The van der Waals surface area contributed by atoms with E-state index in [2.05, 4.69) is 51.8 Å². The molecule has 1 aromatic rings. The number of rotatable bonds is 1. The van der Waals surface area contributed by atoms with Gasteiger partial charge in [-0.1, -0.05) is 13.8 Å². The van der Waals surface area contributed by atoms with Gasteiger partial charge in [-0.25, -0.2) is 4.98 Å². The maximum Gasteiger partial charge on any atom is 0.128 e. The Balaban J connectivity index is 2.21. The van der Waals surface area contributed by atoms with Crippen molar-refractivity contribution in [2.75, 3.05) is 18.0 Å². The van der Waals surface area contributed by atoms with Gasteiger partial charge in [0, 0.05) is 17.6 Å². The summed E-state index contributed by atoms with van der Waals surface area (Å²) >= 11 is 3.48. The second kappa shape index (κ2) is 3.78. The van der Waals surface area contributed by atoms with Crippen molar-refractivity contribution in [1.82, 2.24) is 4.98 Å².